The standard InChI is InChI=1S/C29H39FN6O4.3ClH/c1-5-34(6-2)13-14-36(29(39)40-16-15-35-11-9-31-10-12-35)28(38)26-19(3)25(32-20(26)4)18-23-22-17-21(30)7-8-24(22)33-27(23)37;;;/h7-8,17-18,31-32H,5-6,9-16H2,1-4H3,(H,33,37);3*1H. The Kier molecular flexibility index (Phi) is 15.7. The molecule has 1 aromatic heterocycles. The number of aryl methyl sites for hydroxylation is 1. The van der Waals surface area contributed by atoms with Crippen molar-refractivity contribution >= 4 is 72.5 Å². The molecule has 1 fully saturated rings. The summed E-state index contributed by atoms with van der Waals surface area (Å²) in [6, 6.07) is 4.12. The molecule has 14 heteroatoms. The summed E-state index contributed by atoms with van der Waals surface area (Å²) in [6.07, 6.45) is 0.943. The third kappa shape index (κ3) is 9.17. The van der Waals surface area contributed by atoms with Crippen LogP contribution in [0.3, 0.4) is 0 Å². The second-order valence-electron chi connectivity index (χ2n) is 10.1. The number of hydrogen-bond acceptors (Lipinski definition) is 7. The van der Waals surface area contributed by atoms with Gasteiger partial charge >= 0.3 is 6.09 Å². The molecule has 0 atom stereocenters. The first-order valence-electron chi connectivity index (χ1n) is 13.9. The zero-order valence-electron chi connectivity index (χ0n) is 25.0. The molecule has 1 aromatic carbocycles. The monoisotopic (exact) mass is 662 g/mol. The van der Waals surface area contributed by atoms with Crippen LogP contribution in [0.1, 0.15) is 46.7 Å². The van der Waals surface area contributed by atoms with E-state index < -0.39 is 17.8 Å². The summed E-state index contributed by atoms with van der Waals surface area (Å²) in [6.45, 7) is 14.2. The van der Waals surface area contributed by atoms with Gasteiger partial charge in [-0.05, 0) is 56.8 Å². The van der Waals surface area contributed by atoms with Crippen LogP contribution in [0.25, 0.3) is 11.6 Å². The van der Waals surface area contributed by atoms with Crippen molar-refractivity contribution in [3.05, 3.63) is 52.1 Å². The maximum absolute atomic E-state index is 13.9. The number of piperazine rings is 1. The maximum atomic E-state index is 13.9. The molecule has 3 N–H and O–H groups in total. The van der Waals surface area contributed by atoms with Gasteiger partial charge in [-0.2, -0.15) is 0 Å². The van der Waals surface area contributed by atoms with Gasteiger partial charge < -0.3 is 25.3 Å². The number of benzene rings is 1. The number of carbonyl (C=O) groups is 3. The number of likely N-dealkylation sites (N-methyl/N-ethyl adjacent to an activating group) is 1. The average molecular weight is 664 g/mol. The summed E-state index contributed by atoms with van der Waals surface area (Å²) in [4.78, 5) is 48.4. The number of imide groups is 1. The van der Waals surface area contributed by atoms with Crippen LogP contribution in [0.4, 0.5) is 14.9 Å². The van der Waals surface area contributed by atoms with Crippen LogP contribution in [-0.4, -0.2) is 103 Å². The summed E-state index contributed by atoms with van der Waals surface area (Å²) in [5.41, 5.74) is 3.33. The number of hydrogen-bond donors (Lipinski definition) is 3. The van der Waals surface area contributed by atoms with E-state index in [1.165, 1.54) is 23.1 Å². The van der Waals surface area contributed by atoms with Crippen molar-refractivity contribution in [3.8, 4) is 0 Å². The molecule has 3 amide bonds. The quantitative estimate of drug-likeness (QED) is 0.324. The fourth-order valence-electron chi connectivity index (χ4n) is 5.15. The first-order chi connectivity index (χ1) is 19.2. The minimum Gasteiger partial charge on any atom is -0.448 e. The van der Waals surface area contributed by atoms with Crippen LogP contribution in [0.15, 0.2) is 18.2 Å². The molecule has 2 aromatic rings. The summed E-state index contributed by atoms with van der Waals surface area (Å²) < 4.78 is 19.5. The summed E-state index contributed by atoms with van der Waals surface area (Å²) in [5.74, 6) is -1.26. The van der Waals surface area contributed by atoms with E-state index in [1.807, 2.05) is 13.8 Å². The van der Waals surface area contributed by atoms with Gasteiger partial charge in [0.25, 0.3) is 11.8 Å². The van der Waals surface area contributed by atoms with Gasteiger partial charge in [0.2, 0.25) is 0 Å². The van der Waals surface area contributed by atoms with Gasteiger partial charge in [0.05, 0.1) is 11.1 Å². The Bertz CT molecular complexity index is 1300. The Hall–Kier alpha value is -2.67. The highest BCUT2D eigenvalue weighted by Gasteiger charge is 2.30. The van der Waals surface area contributed by atoms with Crippen LogP contribution in [-0.2, 0) is 9.53 Å². The fraction of sp³-hybridized carbons (Fsp3) is 0.483. The zero-order chi connectivity index (χ0) is 28.8. The lowest BCUT2D eigenvalue weighted by Crippen LogP contribution is -2.46. The number of aromatic nitrogens is 1. The highest BCUT2D eigenvalue weighted by molar-refractivity contribution is 6.35. The Morgan fingerprint density at radius 3 is 2.40 bits per heavy atom. The minimum absolute atomic E-state index is 0. The van der Waals surface area contributed by atoms with Crippen molar-refractivity contribution in [2.75, 3.05) is 70.8 Å². The van der Waals surface area contributed by atoms with Crippen molar-refractivity contribution in [1.29, 1.82) is 0 Å². The van der Waals surface area contributed by atoms with Gasteiger partial charge in [0, 0.05) is 68.5 Å². The maximum Gasteiger partial charge on any atom is 0.416 e. The van der Waals surface area contributed by atoms with Crippen molar-refractivity contribution in [2.45, 2.75) is 27.7 Å². The van der Waals surface area contributed by atoms with Gasteiger partial charge in [0.1, 0.15) is 12.4 Å². The zero-order valence-corrected chi connectivity index (χ0v) is 27.4. The Balaban J connectivity index is 0.00000308. The van der Waals surface area contributed by atoms with E-state index in [2.05, 4.69) is 25.4 Å². The van der Waals surface area contributed by atoms with E-state index in [0.717, 1.165) is 39.3 Å². The van der Waals surface area contributed by atoms with E-state index in [1.54, 1.807) is 19.9 Å². The molecule has 0 bridgehead atoms. The molecule has 2 aliphatic rings. The molecule has 0 saturated carbocycles. The largest absolute Gasteiger partial charge is 0.448 e. The molecule has 43 heavy (non-hydrogen) atoms. The van der Waals surface area contributed by atoms with Crippen molar-refractivity contribution in [3.63, 3.8) is 0 Å². The lowest BCUT2D eigenvalue weighted by atomic mass is 10.0. The van der Waals surface area contributed by atoms with Crippen LogP contribution in [0.5, 0.6) is 0 Å². The van der Waals surface area contributed by atoms with Crippen molar-refractivity contribution in [2.24, 2.45) is 0 Å². The van der Waals surface area contributed by atoms with E-state index in [4.69, 9.17) is 4.74 Å². The highest BCUT2D eigenvalue weighted by Crippen LogP contribution is 2.34. The van der Waals surface area contributed by atoms with E-state index in [0.29, 0.717) is 52.4 Å². The number of fused-ring (bicyclic) bond motifs is 1. The molecular formula is C29H42Cl3FN6O4. The van der Waals surface area contributed by atoms with Gasteiger partial charge in [-0.3, -0.25) is 14.5 Å². The summed E-state index contributed by atoms with van der Waals surface area (Å²) in [7, 11) is 0. The molecule has 0 unspecified atom stereocenters. The Morgan fingerprint density at radius 2 is 1.74 bits per heavy atom. The highest BCUT2D eigenvalue weighted by atomic mass is 35.5. The third-order valence-electron chi connectivity index (χ3n) is 7.59. The van der Waals surface area contributed by atoms with Crippen LogP contribution < -0.4 is 10.6 Å². The average Bonchev–Trinajstić information content (AvgIpc) is 3.40. The Morgan fingerprint density at radius 1 is 1.07 bits per heavy atom. The van der Waals surface area contributed by atoms with E-state index in [9.17, 15) is 18.8 Å². The molecule has 2 aliphatic heterocycles. The predicted octanol–water partition coefficient (Wildman–Crippen LogP) is 4.35. The fourth-order valence-corrected chi connectivity index (χ4v) is 5.15. The lowest BCUT2D eigenvalue weighted by molar-refractivity contribution is -0.110. The van der Waals surface area contributed by atoms with Crippen molar-refractivity contribution in [1.82, 2.24) is 25.0 Å². The molecule has 3 heterocycles. The number of ether oxygens (including phenoxy) is 1. The third-order valence-corrected chi connectivity index (χ3v) is 7.59. The van der Waals surface area contributed by atoms with Crippen LogP contribution >= 0.6 is 37.2 Å². The number of carbonyl (C=O) groups excluding carboxylic acids is 3. The number of H-pyrrole nitrogens is 1. The second kappa shape index (κ2) is 17.6. The predicted molar refractivity (Wildman–Crippen MR) is 174 cm³/mol. The number of nitrogens with zero attached hydrogens (tertiary/aromatic N) is 3. The van der Waals surface area contributed by atoms with Gasteiger partial charge in [-0.1, -0.05) is 13.8 Å². The SMILES string of the molecule is CCN(CC)CCN(C(=O)OCCN1CCNCC1)C(=O)c1c(C)[nH]c(C=C2C(=O)Nc3ccc(F)cc32)c1C.Cl.Cl.Cl. The van der Waals surface area contributed by atoms with Crippen LogP contribution in [0, 0.1) is 19.7 Å². The van der Waals surface area contributed by atoms with Crippen LogP contribution in [0.2, 0.25) is 0 Å². The lowest BCUT2D eigenvalue weighted by Gasteiger charge is -2.28. The molecule has 0 radical (unpaired) electrons. The number of amides is 3. The molecule has 0 spiro atoms. The second-order valence-corrected chi connectivity index (χ2v) is 10.1. The smallest absolute Gasteiger partial charge is 0.416 e. The van der Waals surface area contributed by atoms with E-state index >= 15 is 0 Å². The molecular weight excluding hydrogens is 622 g/mol. The molecule has 4 rings (SSSR count). The van der Waals surface area contributed by atoms with Gasteiger partial charge in [-0.15, -0.1) is 37.2 Å². The molecule has 0 aliphatic carbocycles. The van der Waals surface area contributed by atoms with Gasteiger partial charge in [0.15, 0.2) is 0 Å². The Labute approximate surface area is 271 Å². The number of halogens is 4. The van der Waals surface area contributed by atoms with Gasteiger partial charge in [-0.25, -0.2) is 14.1 Å². The number of anilines is 1. The molecule has 240 valence electrons. The van der Waals surface area contributed by atoms with E-state index in [-0.39, 0.29) is 56.3 Å². The summed E-state index contributed by atoms with van der Waals surface area (Å²) in [5, 5.41) is 6.03. The van der Waals surface area contributed by atoms with Crippen molar-refractivity contribution < 1.29 is 23.5 Å². The first-order valence-corrected chi connectivity index (χ1v) is 13.9. The normalized spacial score (nSPS) is 15.2. The number of rotatable bonds is 10. The number of aromatic amines is 1. The first kappa shape index (κ1) is 38.4. The minimum atomic E-state index is -0.674. The molecule has 1 saturated heterocycles. The molecule has 10 nitrogen and oxygen atoms in total. The summed E-state index contributed by atoms with van der Waals surface area (Å²) >= 11 is 0. The topological polar surface area (TPSA) is 110 Å². The number of nitrogens with one attached hydrogen (secondary N) is 3.